The number of carbonyl (C=O) groups excluding carboxylic acids is 1. The number of halogens is 1. The lowest BCUT2D eigenvalue weighted by Gasteiger charge is -2.10. The van der Waals surface area contributed by atoms with Crippen molar-refractivity contribution < 1.29 is 9.90 Å². The van der Waals surface area contributed by atoms with Crippen LogP contribution < -0.4 is 10.9 Å². The summed E-state index contributed by atoms with van der Waals surface area (Å²) in [4.78, 5) is 24.0. The lowest BCUT2D eigenvalue weighted by Crippen LogP contribution is -2.31. The fourth-order valence-corrected chi connectivity index (χ4v) is 2.02. The number of nitrogens with zero attached hydrogens (tertiary/aromatic N) is 2. The molecule has 0 aliphatic rings. The Hall–Kier alpha value is -2.15. The molecule has 1 aromatic carbocycles. The summed E-state index contributed by atoms with van der Waals surface area (Å²) < 4.78 is 1.94. The summed E-state index contributed by atoms with van der Waals surface area (Å²) in [6.07, 6.45) is 0. The molecule has 0 spiro atoms. The molecule has 7 heteroatoms. The van der Waals surface area contributed by atoms with Gasteiger partial charge in [-0.25, -0.2) is 0 Å². The molecule has 0 aliphatic carbocycles. The fourth-order valence-electron chi connectivity index (χ4n) is 1.76. The minimum atomic E-state index is -0.517. The highest BCUT2D eigenvalue weighted by atomic mass is 79.9. The molecular weight excluding hydrogens is 350 g/mol. The van der Waals surface area contributed by atoms with Crippen LogP contribution in [0.4, 0.5) is 0 Å². The highest BCUT2D eigenvalue weighted by Gasteiger charge is 2.16. The van der Waals surface area contributed by atoms with E-state index < -0.39 is 17.2 Å². The van der Waals surface area contributed by atoms with E-state index in [-0.39, 0.29) is 11.6 Å². The summed E-state index contributed by atoms with van der Waals surface area (Å²) >= 11 is 3.31. The first-order chi connectivity index (χ1) is 10.4. The molecule has 6 nitrogen and oxygen atoms in total. The standard InChI is InChI=1S/C15H16BrN3O3/c1-9(2)8-17-15(22)14-12(20)7-13(21)19(18-14)11-5-3-10(16)4-6-11/h3-7,9,20H,8H2,1-2H3,(H,17,22). The van der Waals surface area contributed by atoms with Crippen LogP contribution in [-0.2, 0) is 0 Å². The molecule has 0 atom stereocenters. The average Bonchev–Trinajstić information content (AvgIpc) is 2.46. The number of amides is 1. The van der Waals surface area contributed by atoms with Gasteiger partial charge in [0.05, 0.1) is 5.69 Å². The summed E-state index contributed by atoms with van der Waals surface area (Å²) in [5.74, 6) is -0.680. The van der Waals surface area contributed by atoms with Crippen molar-refractivity contribution in [2.24, 2.45) is 5.92 Å². The Labute approximate surface area is 135 Å². The molecule has 0 radical (unpaired) electrons. The summed E-state index contributed by atoms with van der Waals surface area (Å²) in [5, 5.41) is 16.4. The zero-order valence-electron chi connectivity index (χ0n) is 12.2. The van der Waals surface area contributed by atoms with Gasteiger partial charge in [0, 0.05) is 17.1 Å². The summed E-state index contributed by atoms with van der Waals surface area (Å²) in [6, 6.07) is 7.87. The molecule has 0 aliphatic heterocycles. The van der Waals surface area contributed by atoms with Crippen LogP contribution in [0.1, 0.15) is 24.3 Å². The van der Waals surface area contributed by atoms with E-state index in [1.807, 2.05) is 13.8 Å². The molecule has 0 saturated carbocycles. The topological polar surface area (TPSA) is 84.2 Å². The summed E-state index contributed by atoms with van der Waals surface area (Å²) in [5.41, 5.74) is -0.186. The van der Waals surface area contributed by atoms with E-state index in [2.05, 4.69) is 26.3 Å². The van der Waals surface area contributed by atoms with E-state index in [1.165, 1.54) is 0 Å². The van der Waals surface area contributed by atoms with Gasteiger partial charge in [0.25, 0.3) is 11.5 Å². The Morgan fingerprint density at radius 1 is 1.36 bits per heavy atom. The van der Waals surface area contributed by atoms with Gasteiger partial charge in [-0.05, 0) is 30.2 Å². The predicted molar refractivity (Wildman–Crippen MR) is 86.4 cm³/mol. The van der Waals surface area contributed by atoms with Gasteiger partial charge in [-0.2, -0.15) is 9.78 Å². The van der Waals surface area contributed by atoms with Crippen molar-refractivity contribution in [1.82, 2.24) is 15.1 Å². The maximum Gasteiger partial charge on any atom is 0.275 e. The van der Waals surface area contributed by atoms with Gasteiger partial charge >= 0.3 is 0 Å². The van der Waals surface area contributed by atoms with E-state index in [4.69, 9.17) is 0 Å². The highest BCUT2D eigenvalue weighted by molar-refractivity contribution is 9.10. The van der Waals surface area contributed by atoms with Crippen LogP contribution in [0.5, 0.6) is 5.75 Å². The molecule has 0 saturated heterocycles. The average molecular weight is 366 g/mol. The lowest BCUT2D eigenvalue weighted by atomic mass is 10.2. The monoisotopic (exact) mass is 365 g/mol. The Bertz CT molecular complexity index is 739. The molecule has 1 aromatic heterocycles. The van der Waals surface area contributed by atoms with Crippen molar-refractivity contribution in [2.45, 2.75) is 13.8 Å². The second kappa shape index (κ2) is 6.74. The number of hydrogen-bond acceptors (Lipinski definition) is 4. The van der Waals surface area contributed by atoms with Crippen molar-refractivity contribution in [3.63, 3.8) is 0 Å². The van der Waals surface area contributed by atoms with Crippen LogP contribution in [-0.4, -0.2) is 27.3 Å². The lowest BCUT2D eigenvalue weighted by molar-refractivity contribution is 0.0939. The first-order valence-electron chi connectivity index (χ1n) is 6.76. The van der Waals surface area contributed by atoms with Gasteiger partial charge in [-0.15, -0.1) is 0 Å². The minimum Gasteiger partial charge on any atom is -0.505 e. The third kappa shape index (κ3) is 3.73. The van der Waals surface area contributed by atoms with Crippen LogP contribution >= 0.6 is 15.9 Å². The number of aromatic hydroxyl groups is 1. The molecule has 0 bridgehead atoms. The molecule has 1 heterocycles. The van der Waals surface area contributed by atoms with E-state index in [0.717, 1.165) is 15.2 Å². The van der Waals surface area contributed by atoms with E-state index in [9.17, 15) is 14.7 Å². The van der Waals surface area contributed by atoms with Crippen molar-refractivity contribution in [3.8, 4) is 11.4 Å². The number of benzene rings is 1. The van der Waals surface area contributed by atoms with Gasteiger partial charge in [0.15, 0.2) is 11.4 Å². The molecule has 2 rings (SSSR count). The normalized spacial score (nSPS) is 10.7. The Kier molecular flexibility index (Phi) is 4.97. The van der Waals surface area contributed by atoms with Crippen molar-refractivity contribution in [2.75, 3.05) is 6.54 Å². The highest BCUT2D eigenvalue weighted by Crippen LogP contribution is 2.15. The van der Waals surface area contributed by atoms with Gasteiger partial charge in [-0.1, -0.05) is 29.8 Å². The number of nitrogens with one attached hydrogen (secondary N) is 1. The van der Waals surface area contributed by atoms with Crippen LogP contribution in [0.25, 0.3) is 5.69 Å². The number of aromatic nitrogens is 2. The van der Waals surface area contributed by atoms with Crippen molar-refractivity contribution in [3.05, 3.63) is 50.9 Å². The Balaban J connectivity index is 2.40. The second-order valence-electron chi connectivity index (χ2n) is 5.21. The van der Waals surface area contributed by atoms with Crippen molar-refractivity contribution in [1.29, 1.82) is 0 Å². The minimum absolute atomic E-state index is 0.178. The molecule has 1 amide bonds. The van der Waals surface area contributed by atoms with E-state index in [0.29, 0.717) is 12.2 Å². The zero-order chi connectivity index (χ0) is 16.3. The largest absolute Gasteiger partial charge is 0.505 e. The molecule has 2 aromatic rings. The zero-order valence-corrected chi connectivity index (χ0v) is 13.8. The molecule has 0 unspecified atom stereocenters. The van der Waals surface area contributed by atoms with Gasteiger partial charge < -0.3 is 10.4 Å². The first-order valence-corrected chi connectivity index (χ1v) is 7.55. The molecule has 0 fully saturated rings. The second-order valence-corrected chi connectivity index (χ2v) is 6.12. The Morgan fingerprint density at radius 3 is 2.59 bits per heavy atom. The summed E-state index contributed by atoms with van der Waals surface area (Å²) in [6.45, 7) is 4.37. The van der Waals surface area contributed by atoms with Gasteiger partial charge in [0.2, 0.25) is 0 Å². The SMILES string of the molecule is CC(C)CNC(=O)c1nn(-c2ccc(Br)cc2)c(=O)cc1O. The van der Waals surface area contributed by atoms with Crippen LogP contribution in [0, 0.1) is 5.92 Å². The summed E-state index contributed by atoms with van der Waals surface area (Å²) in [7, 11) is 0. The van der Waals surface area contributed by atoms with Crippen LogP contribution in [0.2, 0.25) is 0 Å². The number of hydrogen-bond donors (Lipinski definition) is 2. The third-order valence-corrected chi connectivity index (χ3v) is 3.40. The molecular formula is C15H16BrN3O3. The smallest absolute Gasteiger partial charge is 0.275 e. The number of carbonyl (C=O) groups is 1. The van der Waals surface area contributed by atoms with Crippen molar-refractivity contribution >= 4 is 21.8 Å². The molecule has 22 heavy (non-hydrogen) atoms. The van der Waals surface area contributed by atoms with Crippen LogP contribution in [0.3, 0.4) is 0 Å². The third-order valence-electron chi connectivity index (χ3n) is 2.87. The predicted octanol–water partition coefficient (Wildman–Crippen LogP) is 2.09. The molecule has 2 N–H and O–H groups in total. The molecule has 116 valence electrons. The maximum absolute atomic E-state index is 12.1. The first kappa shape index (κ1) is 16.2. The van der Waals surface area contributed by atoms with E-state index in [1.54, 1.807) is 24.3 Å². The van der Waals surface area contributed by atoms with Gasteiger partial charge in [-0.3, -0.25) is 9.59 Å². The maximum atomic E-state index is 12.1. The van der Waals surface area contributed by atoms with Gasteiger partial charge in [0.1, 0.15) is 0 Å². The van der Waals surface area contributed by atoms with E-state index >= 15 is 0 Å². The quantitative estimate of drug-likeness (QED) is 0.868. The number of rotatable bonds is 4. The Morgan fingerprint density at radius 2 is 2.00 bits per heavy atom. The van der Waals surface area contributed by atoms with Crippen LogP contribution in [0.15, 0.2) is 39.6 Å². The fraction of sp³-hybridized carbons (Fsp3) is 0.267.